The number of rotatable bonds is 7. The lowest BCUT2D eigenvalue weighted by Gasteiger charge is -2.08. The molecule has 0 saturated carbocycles. The molecular weight excluding hydrogens is 224 g/mol. The third-order valence-corrected chi connectivity index (χ3v) is 2.75. The SMILES string of the molecule is CSCC(C)Nc1nnc(CNC(C)C)o1. The maximum atomic E-state index is 5.45. The van der Waals surface area contributed by atoms with Gasteiger partial charge in [0.2, 0.25) is 5.89 Å². The van der Waals surface area contributed by atoms with Gasteiger partial charge in [0.05, 0.1) is 6.54 Å². The lowest BCUT2D eigenvalue weighted by Crippen LogP contribution is -2.21. The fourth-order valence-electron chi connectivity index (χ4n) is 1.18. The summed E-state index contributed by atoms with van der Waals surface area (Å²) in [7, 11) is 0. The number of anilines is 1. The first-order valence-electron chi connectivity index (χ1n) is 5.43. The quantitative estimate of drug-likeness (QED) is 0.761. The van der Waals surface area contributed by atoms with Crippen molar-refractivity contribution >= 4 is 17.8 Å². The maximum Gasteiger partial charge on any atom is 0.315 e. The van der Waals surface area contributed by atoms with Gasteiger partial charge < -0.3 is 15.1 Å². The van der Waals surface area contributed by atoms with Gasteiger partial charge in [-0.1, -0.05) is 18.9 Å². The van der Waals surface area contributed by atoms with E-state index in [1.807, 2.05) is 0 Å². The molecule has 1 unspecified atom stereocenters. The van der Waals surface area contributed by atoms with Crippen LogP contribution in [0.3, 0.4) is 0 Å². The lowest BCUT2D eigenvalue weighted by molar-refractivity contribution is 0.457. The standard InChI is InChI=1S/C10H20N4OS/c1-7(2)11-5-9-13-14-10(15-9)12-8(3)6-16-4/h7-8,11H,5-6H2,1-4H3,(H,12,14). The Bertz CT molecular complexity index is 303. The highest BCUT2D eigenvalue weighted by atomic mass is 32.2. The molecule has 1 rings (SSSR count). The van der Waals surface area contributed by atoms with Crippen molar-refractivity contribution in [3.63, 3.8) is 0 Å². The second-order valence-electron chi connectivity index (χ2n) is 4.04. The predicted molar refractivity (Wildman–Crippen MR) is 67.7 cm³/mol. The van der Waals surface area contributed by atoms with Gasteiger partial charge in [-0.05, 0) is 13.2 Å². The zero-order chi connectivity index (χ0) is 12.0. The zero-order valence-corrected chi connectivity index (χ0v) is 11.1. The summed E-state index contributed by atoms with van der Waals surface area (Å²) in [5, 5.41) is 14.3. The van der Waals surface area contributed by atoms with Gasteiger partial charge >= 0.3 is 6.01 Å². The van der Waals surface area contributed by atoms with Gasteiger partial charge in [-0.25, -0.2) is 0 Å². The summed E-state index contributed by atoms with van der Waals surface area (Å²) in [4.78, 5) is 0. The molecule has 0 saturated heterocycles. The van der Waals surface area contributed by atoms with E-state index in [2.05, 4.69) is 47.9 Å². The van der Waals surface area contributed by atoms with Gasteiger partial charge in [0.15, 0.2) is 0 Å². The highest BCUT2D eigenvalue weighted by Gasteiger charge is 2.08. The average Bonchev–Trinajstić information content (AvgIpc) is 2.63. The first-order valence-corrected chi connectivity index (χ1v) is 6.82. The molecule has 0 spiro atoms. The Morgan fingerprint density at radius 1 is 1.31 bits per heavy atom. The third kappa shape index (κ3) is 4.85. The van der Waals surface area contributed by atoms with Crippen molar-refractivity contribution in [1.29, 1.82) is 0 Å². The summed E-state index contributed by atoms with van der Waals surface area (Å²) in [6.07, 6.45) is 2.07. The van der Waals surface area contributed by atoms with Crippen molar-refractivity contribution in [2.24, 2.45) is 0 Å². The van der Waals surface area contributed by atoms with Crippen molar-refractivity contribution in [2.45, 2.75) is 39.4 Å². The summed E-state index contributed by atoms with van der Waals surface area (Å²) < 4.78 is 5.45. The van der Waals surface area contributed by atoms with Crippen LogP contribution in [0.1, 0.15) is 26.7 Å². The van der Waals surface area contributed by atoms with Crippen LogP contribution in [0.4, 0.5) is 6.01 Å². The molecule has 5 nitrogen and oxygen atoms in total. The summed E-state index contributed by atoms with van der Waals surface area (Å²) >= 11 is 1.79. The minimum Gasteiger partial charge on any atom is -0.407 e. The van der Waals surface area contributed by atoms with Crippen LogP contribution in [0, 0.1) is 0 Å². The fourth-order valence-corrected chi connectivity index (χ4v) is 1.76. The molecule has 0 aliphatic heterocycles. The molecule has 1 aromatic rings. The van der Waals surface area contributed by atoms with Crippen molar-refractivity contribution in [2.75, 3.05) is 17.3 Å². The van der Waals surface area contributed by atoms with Crippen molar-refractivity contribution in [3.8, 4) is 0 Å². The number of aromatic nitrogens is 2. The second-order valence-corrected chi connectivity index (χ2v) is 4.95. The largest absolute Gasteiger partial charge is 0.407 e. The van der Waals surface area contributed by atoms with Gasteiger partial charge in [-0.2, -0.15) is 11.8 Å². The van der Waals surface area contributed by atoms with E-state index in [4.69, 9.17) is 4.42 Å². The summed E-state index contributed by atoms with van der Waals surface area (Å²) in [6, 6.07) is 1.25. The molecular formula is C10H20N4OS. The number of hydrogen-bond donors (Lipinski definition) is 2. The molecule has 1 heterocycles. The maximum absolute atomic E-state index is 5.45. The van der Waals surface area contributed by atoms with Gasteiger partial charge in [-0.3, -0.25) is 0 Å². The molecule has 1 atom stereocenters. The van der Waals surface area contributed by atoms with Gasteiger partial charge in [-0.15, -0.1) is 5.10 Å². The molecule has 0 fully saturated rings. The molecule has 0 aromatic carbocycles. The predicted octanol–water partition coefficient (Wildman–Crippen LogP) is 1.73. The van der Waals surface area contributed by atoms with E-state index >= 15 is 0 Å². The Morgan fingerprint density at radius 2 is 2.06 bits per heavy atom. The molecule has 0 aliphatic rings. The van der Waals surface area contributed by atoms with Crippen LogP contribution in [-0.4, -0.2) is 34.3 Å². The molecule has 0 amide bonds. The van der Waals surface area contributed by atoms with Crippen LogP contribution in [0.25, 0.3) is 0 Å². The Labute approximate surface area is 101 Å². The van der Waals surface area contributed by atoms with E-state index in [1.54, 1.807) is 11.8 Å². The van der Waals surface area contributed by atoms with Gasteiger partial charge in [0.1, 0.15) is 0 Å². The Morgan fingerprint density at radius 3 is 2.69 bits per heavy atom. The second kappa shape index (κ2) is 6.75. The summed E-state index contributed by atoms with van der Waals surface area (Å²) in [5.41, 5.74) is 0. The highest BCUT2D eigenvalue weighted by Crippen LogP contribution is 2.08. The van der Waals surface area contributed by atoms with Crippen LogP contribution < -0.4 is 10.6 Å². The van der Waals surface area contributed by atoms with Crippen LogP contribution in [-0.2, 0) is 6.54 Å². The number of nitrogens with one attached hydrogen (secondary N) is 2. The molecule has 2 N–H and O–H groups in total. The lowest BCUT2D eigenvalue weighted by atomic mass is 10.4. The first kappa shape index (κ1) is 13.3. The minimum absolute atomic E-state index is 0.335. The Hall–Kier alpha value is -0.750. The third-order valence-electron chi connectivity index (χ3n) is 1.91. The van der Waals surface area contributed by atoms with Crippen LogP contribution in [0.2, 0.25) is 0 Å². The van der Waals surface area contributed by atoms with Crippen molar-refractivity contribution < 1.29 is 4.42 Å². The molecule has 1 aromatic heterocycles. The number of nitrogens with zero attached hydrogens (tertiary/aromatic N) is 2. The molecule has 16 heavy (non-hydrogen) atoms. The van der Waals surface area contributed by atoms with Crippen LogP contribution in [0.15, 0.2) is 4.42 Å². The monoisotopic (exact) mass is 244 g/mol. The van der Waals surface area contributed by atoms with E-state index in [-0.39, 0.29) is 0 Å². The van der Waals surface area contributed by atoms with Crippen LogP contribution in [0.5, 0.6) is 0 Å². The molecule has 6 heteroatoms. The summed E-state index contributed by atoms with van der Waals surface area (Å²) in [6.45, 7) is 6.86. The first-order chi connectivity index (χ1) is 7.61. The minimum atomic E-state index is 0.335. The average molecular weight is 244 g/mol. The Kier molecular flexibility index (Phi) is 5.62. The Balaban J connectivity index is 2.39. The van der Waals surface area contributed by atoms with E-state index in [0.29, 0.717) is 30.5 Å². The summed E-state index contributed by atoms with van der Waals surface area (Å²) in [5.74, 6) is 1.63. The normalized spacial score (nSPS) is 13.1. The molecule has 92 valence electrons. The molecule has 0 radical (unpaired) electrons. The smallest absolute Gasteiger partial charge is 0.315 e. The van der Waals surface area contributed by atoms with E-state index in [9.17, 15) is 0 Å². The van der Waals surface area contributed by atoms with Crippen LogP contribution >= 0.6 is 11.8 Å². The van der Waals surface area contributed by atoms with Crippen molar-refractivity contribution in [1.82, 2.24) is 15.5 Å². The zero-order valence-electron chi connectivity index (χ0n) is 10.3. The molecule has 0 aliphatic carbocycles. The topological polar surface area (TPSA) is 63.0 Å². The van der Waals surface area contributed by atoms with Crippen molar-refractivity contribution in [3.05, 3.63) is 5.89 Å². The molecule has 0 bridgehead atoms. The van der Waals surface area contributed by atoms with Gasteiger partial charge in [0.25, 0.3) is 0 Å². The van der Waals surface area contributed by atoms with E-state index < -0.39 is 0 Å². The number of thioether (sulfide) groups is 1. The highest BCUT2D eigenvalue weighted by molar-refractivity contribution is 7.98. The van der Waals surface area contributed by atoms with Gasteiger partial charge in [0, 0.05) is 17.8 Å². The van der Waals surface area contributed by atoms with E-state index in [1.165, 1.54) is 0 Å². The van der Waals surface area contributed by atoms with E-state index in [0.717, 1.165) is 5.75 Å². The number of hydrogen-bond acceptors (Lipinski definition) is 6. The fraction of sp³-hybridized carbons (Fsp3) is 0.800.